The van der Waals surface area contributed by atoms with Gasteiger partial charge in [-0.1, -0.05) is 6.92 Å². The lowest BCUT2D eigenvalue weighted by Crippen LogP contribution is -2.36. The summed E-state index contributed by atoms with van der Waals surface area (Å²) in [7, 11) is 0. The van der Waals surface area contributed by atoms with Crippen LogP contribution in [0.2, 0.25) is 0 Å². The van der Waals surface area contributed by atoms with Crippen LogP contribution in [-0.4, -0.2) is 25.0 Å². The molecule has 0 aromatic heterocycles. The van der Waals surface area contributed by atoms with E-state index in [4.69, 9.17) is 5.26 Å². The maximum atomic E-state index is 11.2. The van der Waals surface area contributed by atoms with Gasteiger partial charge in [0.1, 0.15) is 0 Å². The molecule has 1 saturated carbocycles. The van der Waals surface area contributed by atoms with Gasteiger partial charge < -0.3 is 10.6 Å². The molecular formula is C10H17N3O. The number of nitrogens with one attached hydrogen (secondary N) is 2. The quantitative estimate of drug-likeness (QED) is 0.603. The van der Waals surface area contributed by atoms with Crippen LogP contribution in [0.15, 0.2) is 0 Å². The Hall–Kier alpha value is -1.08. The van der Waals surface area contributed by atoms with Crippen LogP contribution in [-0.2, 0) is 4.79 Å². The first-order chi connectivity index (χ1) is 6.77. The van der Waals surface area contributed by atoms with Crippen molar-refractivity contribution in [3.8, 4) is 6.07 Å². The van der Waals surface area contributed by atoms with Crippen LogP contribution in [0, 0.1) is 17.2 Å². The average Bonchev–Trinajstić information content (AvgIpc) is 3.01. The van der Waals surface area contributed by atoms with Gasteiger partial charge in [-0.2, -0.15) is 5.26 Å². The van der Waals surface area contributed by atoms with Crippen LogP contribution in [0.25, 0.3) is 0 Å². The predicted octanol–water partition coefficient (Wildman–Crippen LogP) is 0.404. The maximum Gasteiger partial charge on any atom is 0.223 e. The minimum atomic E-state index is -0.0900. The number of nitriles is 1. The lowest BCUT2D eigenvalue weighted by Gasteiger charge is -2.09. The van der Waals surface area contributed by atoms with Gasteiger partial charge in [-0.3, -0.25) is 4.79 Å². The summed E-state index contributed by atoms with van der Waals surface area (Å²) in [6, 6.07) is 2.06. The van der Waals surface area contributed by atoms with E-state index in [0.29, 0.717) is 13.1 Å². The van der Waals surface area contributed by atoms with Crippen molar-refractivity contribution in [1.29, 1.82) is 5.26 Å². The van der Waals surface area contributed by atoms with Gasteiger partial charge >= 0.3 is 0 Å². The van der Waals surface area contributed by atoms with Crippen molar-refractivity contribution in [2.24, 2.45) is 5.92 Å². The zero-order valence-electron chi connectivity index (χ0n) is 8.55. The van der Waals surface area contributed by atoms with Crippen LogP contribution in [0.1, 0.15) is 26.2 Å². The summed E-state index contributed by atoms with van der Waals surface area (Å²) >= 11 is 0. The van der Waals surface area contributed by atoms with Crippen molar-refractivity contribution in [3.05, 3.63) is 0 Å². The molecule has 0 bridgehead atoms. The average molecular weight is 195 g/mol. The standard InChI is InChI=1S/C10H17N3O/c1-2-9(7-11)12-5-6-13-10(14)8-3-4-8/h8-9,12H,2-6H2,1H3,(H,13,14). The van der Waals surface area contributed by atoms with Crippen LogP contribution < -0.4 is 10.6 Å². The van der Waals surface area contributed by atoms with Gasteiger partial charge in [0.05, 0.1) is 12.1 Å². The lowest BCUT2D eigenvalue weighted by molar-refractivity contribution is -0.122. The first-order valence-electron chi connectivity index (χ1n) is 5.18. The molecule has 2 N–H and O–H groups in total. The second-order valence-electron chi connectivity index (χ2n) is 3.61. The molecule has 1 amide bonds. The van der Waals surface area contributed by atoms with Crippen molar-refractivity contribution >= 4 is 5.91 Å². The molecule has 0 spiro atoms. The van der Waals surface area contributed by atoms with Gasteiger partial charge in [0.15, 0.2) is 0 Å². The molecule has 1 aliphatic rings. The maximum absolute atomic E-state index is 11.2. The highest BCUT2D eigenvalue weighted by Crippen LogP contribution is 2.28. The third-order valence-corrected chi connectivity index (χ3v) is 2.33. The molecule has 1 aliphatic carbocycles. The summed E-state index contributed by atoms with van der Waals surface area (Å²) in [6.07, 6.45) is 2.87. The smallest absolute Gasteiger partial charge is 0.223 e. The highest BCUT2D eigenvalue weighted by molar-refractivity contribution is 5.80. The Bertz CT molecular complexity index is 230. The fourth-order valence-electron chi connectivity index (χ4n) is 1.20. The van der Waals surface area contributed by atoms with E-state index < -0.39 is 0 Å². The van der Waals surface area contributed by atoms with Crippen LogP contribution in [0.4, 0.5) is 0 Å². The Balaban J connectivity index is 1.98. The first kappa shape index (κ1) is 11.0. The van der Waals surface area contributed by atoms with E-state index in [2.05, 4.69) is 16.7 Å². The number of amides is 1. The third-order valence-electron chi connectivity index (χ3n) is 2.33. The molecule has 4 heteroatoms. The van der Waals surface area contributed by atoms with E-state index in [1.165, 1.54) is 0 Å². The molecule has 1 unspecified atom stereocenters. The molecule has 1 fully saturated rings. The zero-order valence-corrected chi connectivity index (χ0v) is 8.55. The van der Waals surface area contributed by atoms with Crippen LogP contribution in [0.3, 0.4) is 0 Å². The van der Waals surface area contributed by atoms with Crippen molar-refractivity contribution in [2.45, 2.75) is 32.2 Å². The fraction of sp³-hybridized carbons (Fsp3) is 0.800. The lowest BCUT2D eigenvalue weighted by atomic mass is 10.2. The van der Waals surface area contributed by atoms with Crippen molar-refractivity contribution in [1.82, 2.24) is 10.6 Å². The monoisotopic (exact) mass is 195 g/mol. The van der Waals surface area contributed by atoms with Crippen molar-refractivity contribution in [2.75, 3.05) is 13.1 Å². The van der Waals surface area contributed by atoms with E-state index in [1.807, 2.05) is 6.92 Å². The highest BCUT2D eigenvalue weighted by atomic mass is 16.2. The van der Waals surface area contributed by atoms with E-state index in [-0.39, 0.29) is 17.9 Å². The van der Waals surface area contributed by atoms with E-state index in [9.17, 15) is 4.79 Å². The Labute approximate surface area is 84.7 Å². The number of hydrogen-bond donors (Lipinski definition) is 2. The molecule has 0 aliphatic heterocycles. The summed E-state index contributed by atoms with van der Waals surface area (Å²) in [5.74, 6) is 0.435. The molecule has 0 aromatic carbocycles. The summed E-state index contributed by atoms with van der Waals surface area (Å²) in [5.41, 5.74) is 0. The third kappa shape index (κ3) is 3.75. The number of carbonyl (C=O) groups is 1. The number of rotatable bonds is 6. The van der Waals surface area contributed by atoms with Crippen molar-refractivity contribution in [3.63, 3.8) is 0 Å². The second-order valence-corrected chi connectivity index (χ2v) is 3.61. The summed E-state index contributed by atoms with van der Waals surface area (Å²) < 4.78 is 0. The Morgan fingerprint density at radius 2 is 2.29 bits per heavy atom. The van der Waals surface area contributed by atoms with Crippen molar-refractivity contribution < 1.29 is 4.79 Å². The molecule has 0 saturated heterocycles. The van der Waals surface area contributed by atoms with Gasteiger partial charge in [-0.05, 0) is 19.3 Å². The molecule has 4 nitrogen and oxygen atoms in total. The largest absolute Gasteiger partial charge is 0.355 e. The van der Waals surface area contributed by atoms with E-state index in [1.54, 1.807) is 0 Å². The Morgan fingerprint density at radius 3 is 2.79 bits per heavy atom. The summed E-state index contributed by atoms with van der Waals surface area (Å²) in [6.45, 7) is 3.25. The molecule has 78 valence electrons. The second kappa shape index (κ2) is 5.61. The van der Waals surface area contributed by atoms with Crippen LogP contribution >= 0.6 is 0 Å². The molecule has 1 atom stereocenters. The van der Waals surface area contributed by atoms with Gasteiger partial charge in [0.25, 0.3) is 0 Å². The molecule has 0 heterocycles. The Morgan fingerprint density at radius 1 is 1.57 bits per heavy atom. The van der Waals surface area contributed by atoms with E-state index >= 15 is 0 Å². The minimum Gasteiger partial charge on any atom is -0.355 e. The highest BCUT2D eigenvalue weighted by Gasteiger charge is 2.28. The number of carbonyl (C=O) groups excluding carboxylic acids is 1. The van der Waals surface area contributed by atoms with Gasteiger partial charge in [0, 0.05) is 19.0 Å². The normalized spacial score (nSPS) is 17.1. The number of nitrogens with zero attached hydrogens (tertiary/aromatic N) is 1. The fourth-order valence-corrected chi connectivity index (χ4v) is 1.20. The summed E-state index contributed by atoms with van der Waals surface area (Å²) in [5, 5.41) is 14.5. The van der Waals surface area contributed by atoms with Crippen LogP contribution in [0.5, 0.6) is 0 Å². The molecule has 14 heavy (non-hydrogen) atoms. The Kier molecular flexibility index (Phi) is 4.41. The minimum absolute atomic E-state index is 0.0900. The van der Waals surface area contributed by atoms with Gasteiger partial charge in [0.2, 0.25) is 5.91 Å². The zero-order chi connectivity index (χ0) is 10.4. The van der Waals surface area contributed by atoms with Gasteiger partial charge in [-0.25, -0.2) is 0 Å². The van der Waals surface area contributed by atoms with E-state index in [0.717, 1.165) is 19.3 Å². The SMILES string of the molecule is CCC(C#N)NCCNC(=O)C1CC1. The topological polar surface area (TPSA) is 64.9 Å². The molecule has 0 aromatic rings. The van der Waals surface area contributed by atoms with Gasteiger partial charge in [-0.15, -0.1) is 0 Å². The molecular weight excluding hydrogens is 178 g/mol. The number of hydrogen-bond acceptors (Lipinski definition) is 3. The molecule has 0 radical (unpaired) electrons. The first-order valence-corrected chi connectivity index (χ1v) is 5.18. The summed E-state index contributed by atoms with van der Waals surface area (Å²) in [4.78, 5) is 11.2. The molecule has 1 rings (SSSR count). The predicted molar refractivity (Wildman–Crippen MR) is 53.4 cm³/mol.